The van der Waals surface area contributed by atoms with Gasteiger partial charge in [-0.2, -0.15) is 0 Å². The minimum Gasteiger partial charge on any atom is -0.506 e. The summed E-state index contributed by atoms with van der Waals surface area (Å²) in [7, 11) is 1.32. The molecule has 10 heteroatoms. The highest BCUT2D eigenvalue weighted by Gasteiger charge is 2.85. The number of Topliss-reactive ketones (excluding diaryl/α,β-unsaturated/α-hetero) is 2. The standard InChI is InChI=1S/C43H55NO9/c1-24(2)11-10-16-41(8)17-15-27-34(45)31-35(46)32-33(44-19-21-50-22-20-44)29-23-30-40(6,7)53-42(38(29)47,18-14-26(5)39(48)49-9)43(30,32)52-37(31)28(36(27)51-41)13-12-25(3)4/h11-12,14-15,17,29-30,32-33,45H,10,13,16,18-23H2,1-9H3/b26-14-. The van der Waals surface area contributed by atoms with E-state index in [2.05, 4.69) is 30.9 Å². The topological polar surface area (TPSA) is 121 Å². The van der Waals surface area contributed by atoms with Crippen molar-refractivity contribution in [1.29, 1.82) is 0 Å². The highest BCUT2D eigenvalue weighted by molar-refractivity contribution is 6.10. The first-order valence-corrected chi connectivity index (χ1v) is 19.1. The van der Waals surface area contributed by atoms with E-state index >= 15 is 9.59 Å². The second-order valence-electron chi connectivity index (χ2n) is 17.1. The Kier molecular flexibility index (Phi) is 9.39. The maximum atomic E-state index is 15.6. The molecule has 7 unspecified atom stereocenters. The third-order valence-corrected chi connectivity index (χ3v) is 12.7. The second-order valence-corrected chi connectivity index (χ2v) is 17.1. The summed E-state index contributed by atoms with van der Waals surface area (Å²) >= 11 is 0. The van der Waals surface area contributed by atoms with Crippen LogP contribution in [0.1, 0.15) is 103 Å². The lowest BCUT2D eigenvalue weighted by molar-refractivity contribution is -0.216. The number of ether oxygens (including phenoxy) is 5. The van der Waals surface area contributed by atoms with Gasteiger partial charge in [0.15, 0.2) is 22.8 Å². The molecule has 0 aromatic heterocycles. The number of morpholine rings is 1. The van der Waals surface area contributed by atoms with Crippen molar-refractivity contribution in [3.05, 3.63) is 57.7 Å². The van der Waals surface area contributed by atoms with Gasteiger partial charge in [-0.15, -0.1) is 0 Å². The van der Waals surface area contributed by atoms with Crippen LogP contribution in [0.15, 0.2) is 41.0 Å². The molecule has 10 nitrogen and oxygen atoms in total. The van der Waals surface area contributed by atoms with E-state index in [1.54, 1.807) is 13.0 Å². The van der Waals surface area contributed by atoms with E-state index in [1.807, 2.05) is 46.8 Å². The van der Waals surface area contributed by atoms with Crippen LogP contribution < -0.4 is 9.47 Å². The van der Waals surface area contributed by atoms with E-state index < -0.39 is 46.3 Å². The van der Waals surface area contributed by atoms with E-state index in [-0.39, 0.29) is 41.0 Å². The quantitative estimate of drug-likeness (QED) is 0.167. The first kappa shape index (κ1) is 37.6. The lowest BCUT2D eigenvalue weighted by atomic mass is 9.44. The number of fused-ring (bicyclic) bond motifs is 2. The number of aromatic hydroxyl groups is 1. The summed E-state index contributed by atoms with van der Waals surface area (Å²) in [5.41, 5.74) is -0.689. The molecular weight excluding hydrogens is 674 g/mol. The average Bonchev–Trinajstić information content (AvgIpc) is 3.25. The highest BCUT2D eigenvalue weighted by Crippen LogP contribution is 2.71. The van der Waals surface area contributed by atoms with Gasteiger partial charge in [-0.05, 0) is 93.2 Å². The molecule has 1 spiro atoms. The maximum absolute atomic E-state index is 15.6. The number of nitrogens with zero attached hydrogens (tertiary/aromatic N) is 1. The van der Waals surface area contributed by atoms with Crippen molar-refractivity contribution in [3.8, 4) is 17.2 Å². The van der Waals surface area contributed by atoms with Gasteiger partial charge >= 0.3 is 5.97 Å². The zero-order valence-corrected chi connectivity index (χ0v) is 32.7. The van der Waals surface area contributed by atoms with Crippen molar-refractivity contribution in [2.24, 2.45) is 17.8 Å². The van der Waals surface area contributed by atoms with Crippen LogP contribution in [0.4, 0.5) is 0 Å². The first-order valence-electron chi connectivity index (χ1n) is 19.1. The molecule has 8 rings (SSSR count). The molecule has 7 aliphatic rings. The summed E-state index contributed by atoms with van der Waals surface area (Å²) < 4.78 is 32.2. The Bertz CT molecular complexity index is 1860. The summed E-state index contributed by atoms with van der Waals surface area (Å²) in [6.07, 6.45) is 12.2. The van der Waals surface area contributed by atoms with Gasteiger partial charge in [-0.25, -0.2) is 4.79 Å². The number of benzene rings is 1. The Morgan fingerprint density at radius 1 is 1.00 bits per heavy atom. The Morgan fingerprint density at radius 3 is 2.36 bits per heavy atom. The molecule has 286 valence electrons. The number of phenols is 1. The molecule has 3 aliphatic carbocycles. The fourth-order valence-corrected chi connectivity index (χ4v) is 10.3. The average molecular weight is 730 g/mol. The van der Waals surface area contributed by atoms with Crippen LogP contribution in [0.3, 0.4) is 0 Å². The summed E-state index contributed by atoms with van der Waals surface area (Å²) in [4.78, 5) is 45.7. The molecule has 3 saturated carbocycles. The van der Waals surface area contributed by atoms with Crippen molar-refractivity contribution in [2.75, 3.05) is 33.4 Å². The third kappa shape index (κ3) is 5.65. The monoisotopic (exact) mass is 729 g/mol. The Hall–Kier alpha value is -3.73. The molecule has 7 atom stereocenters. The highest BCUT2D eigenvalue weighted by atomic mass is 16.6. The number of esters is 1. The van der Waals surface area contributed by atoms with Gasteiger partial charge in [-0.1, -0.05) is 29.4 Å². The molecule has 1 aromatic carbocycles. The first-order chi connectivity index (χ1) is 25.0. The number of allylic oxidation sites excluding steroid dienone is 4. The summed E-state index contributed by atoms with van der Waals surface area (Å²) in [6, 6.07) is -0.485. The normalized spacial score (nSPS) is 33.6. The Balaban J connectivity index is 1.48. The van der Waals surface area contributed by atoms with Crippen LogP contribution in [0.5, 0.6) is 17.2 Å². The summed E-state index contributed by atoms with van der Waals surface area (Å²) in [5.74, 6) is -2.04. The van der Waals surface area contributed by atoms with Crippen LogP contribution in [0, 0.1) is 17.8 Å². The summed E-state index contributed by atoms with van der Waals surface area (Å²) in [5, 5.41) is 12.2. The van der Waals surface area contributed by atoms with Crippen LogP contribution in [-0.4, -0.2) is 89.4 Å². The molecule has 4 bridgehead atoms. The van der Waals surface area contributed by atoms with Crippen LogP contribution >= 0.6 is 0 Å². The fourth-order valence-electron chi connectivity index (χ4n) is 10.3. The predicted octanol–water partition coefficient (Wildman–Crippen LogP) is 6.72. The number of carbonyl (C=O) groups is 3. The summed E-state index contributed by atoms with van der Waals surface area (Å²) in [6.45, 7) is 17.9. The zero-order chi connectivity index (χ0) is 38.2. The molecule has 4 heterocycles. The molecule has 0 radical (unpaired) electrons. The SMILES string of the molecule is COC(=O)/C(C)=C\CC12OC(C)(C)C3CC(C1=O)C(N1CCOCC1)C1C(=O)c4c(O)c5c(c(CC=C(C)C)c4OC132)OC(C)(CCC=C(C)C)C=C5. The smallest absolute Gasteiger partial charge is 0.333 e. The minimum absolute atomic E-state index is 0.0278. The number of methoxy groups -OCH3 is 1. The van der Waals surface area contributed by atoms with E-state index in [4.69, 9.17) is 23.7 Å². The number of carbonyl (C=O) groups excluding carboxylic acids is 3. The number of hydrogen-bond acceptors (Lipinski definition) is 10. The lowest BCUT2D eigenvalue weighted by Crippen LogP contribution is -2.82. The third-order valence-electron chi connectivity index (χ3n) is 12.7. The van der Waals surface area contributed by atoms with Crippen molar-refractivity contribution < 1.29 is 43.2 Å². The van der Waals surface area contributed by atoms with Gasteiger partial charge in [0.05, 0.1) is 37.4 Å². The number of hydrogen-bond donors (Lipinski definition) is 1. The van der Waals surface area contributed by atoms with E-state index in [0.717, 1.165) is 12.0 Å². The van der Waals surface area contributed by atoms with Crippen LogP contribution in [-0.2, 0) is 30.2 Å². The molecular formula is C43H55NO9. The predicted molar refractivity (Wildman–Crippen MR) is 200 cm³/mol. The van der Waals surface area contributed by atoms with Crippen LogP contribution in [0.2, 0.25) is 0 Å². The van der Waals surface area contributed by atoms with Gasteiger partial charge in [0.1, 0.15) is 28.4 Å². The molecule has 2 saturated heterocycles. The van der Waals surface area contributed by atoms with E-state index in [1.165, 1.54) is 12.7 Å². The molecule has 0 amide bonds. The number of ketones is 2. The lowest BCUT2D eigenvalue weighted by Gasteiger charge is -2.64. The van der Waals surface area contributed by atoms with Gasteiger partial charge < -0.3 is 28.8 Å². The van der Waals surface area contributed by atoms with Gasteiger partial charge in [0.2, 0.25) is 0 Å². The largest absolute Gasteiger partial charge is 0.506 e. The zero-order valence-electron chi connectivity index (χ0n) is 32.7. The van der Waals surface area contributed by atoms with Crippen molar-refractivity contribution in [3.63, 3.8) is 0 Å². The number of phenolic OH excluding ortho intramolecular Hbond substituents is 1. The van der Waals surface area contributed by atoms with Gasteiger partial charge in [0.25, 0.3) is 0 Å². The maximum Gasteiger partial charge on any atom is 0.333 e. The molecule has 4 aliphatic heterocycles. The Morgan fingerprint density at radius 2 is 1.70 bits per heavy atom. The van der Waals surface area contributed by atoms with Crippen molar-refractivity contribution >= 4 is 23.6 Å². The van der Waals surface area contributed by atoms with E-state index in [0.29, 0.717) is 68.0 Å². The molecule has 1 aromatic rings. The molecule has 53 heavy (non-hydrogen) atoms. The molecule has 5 fully saturated rings. The van der Waals surface area contributed by atoms with Gasteiger partial charge in [-0.3, -0.25) is 14.5 Å². The van der Waals surface area contributed by atoms with Crippen LogP contribution in [0.25, 0.3) is 6.08 Å². The second kappa shape index (κ2) is 13.2. The Labute approximate surface area is 313 Å². The number of rotatable bonds is 9. The van der Waals surface area contributed by atoms with E-state index in [9.17, 15) is 9.90 Å². The van der Waals surface area contributed by atoms with Crippen molar-refractivity contribution in [2.45, 2.75) is 116 Å². The van der Waals surface area contributed by atoms with Crippen molar-refractivity contribution in [1.82, 2.24) is 4.90 Å². The molecule has 1 N–H and O–H groups in total. The van der Waals surface area contributed by atoms with Gasteiger partial charge in [0, 0.05) is 48.5 Å². The minimum atomic E-state index is -1.58. The fraction of sp³-hybridized carbons (Fsp3) is 0.605.